The second kappa shape index (κ2) is 11.2. The van der Waals surface area contributed by atoms with Crippen molar-refractivity contribution in [3.8, 4) is 0 Å². The van der Waals surface area contributed by atoms with Crippen LogP contribution >= 0.6 is 0 Å². The van der Waals surface area contributed by atoms with Crippen molar-refractivity contribution in [3.63, 3.8) is 0 Å². The van der Waals surface area contributed by atoms with Gasteiger partial charge in [0.1, 0.15) is 0 Å². The highest BCUT2D eigenvalue weighted by Gasteiger charge is 2.46. The van der Waals surface area contributed by atoms with Crippen LogP contribution in [0.1, 0.15) is 11.3 Å². The summed E-state index contributed by atoms with van der Waals surface area (Å²) in [6.45, 7) is 3.73. The third kappa shape index (κ3) is 6.01. The average Bonchev–Trinajstić information content (AvgIpc) is 3.61. The fraction of sp³-hybridized carbons (Fsp3) is 0.444. The zero-order valence-electron chi connectivity index (χ0n) is 22.9. The molecule has 2 N–H and O–H groups in total. The summed E-state index contributed by atoms with van der Waals surface area (Å²) in [5, 5.41) is 15.4. The summed E-state index contributed by atoms with van der Waals surface area (Å²) < 4.78 is 51.0. The van der Waals surface area contributed by atoms with Crippen molar-refractivity contribution in [1.29, 1.82) is 0 Å². The number of nitrogens with zero attached hydrogens (tertiary/aromatic N) is 7. The maximum absolute atomic E-state index is 12.9. The molecular formula is C27H30F3N9O3. The molecule has 2 aliphatic rings. The highest BCUT2D eigenvalue weighted by Crippen LogP contribution is 2.32. The minimum Gasteiger partial charge on any atom is -0.380 e. The Labute approximate surface area is 238 Å². The molecule has 0 saturated carbocycles. The predicted molar refractivity (Wildman–Crippen MR) is 146 cm³/mol. The summed E-state index contributed by atoms with van der Waals surface area (Å²) in [5.74, 6) is -1.53. The number of ether oxygens (including phenoxy) is 2. The van der Waals surface area contributed by atoms with Gasteiger partial charge in [0.2, 0.25) is 5.95 Å². The number of morpholine rings is 1. The van der Waals surface area contributed by atoms with Gasteiger partial charge in [0.15, 0.2) is 5.65 Å². The number of aromatic amines is 1. The van der Waals surface area contributed by atoms with Crippen LogP contribution in [-0.4, -0.2) is 100 Å². The molecule has 42 heavy (non-hydrogen) atoms. The molecule has 2 saturated heterocycles. The Balaban J connectivity index is 1.16. The lowest BCUT2D eigenvalue weighted by Gasteiger charge is -2.43. The molecule has 0 atom stereocenters. The van der Waals surface area contributed by atoms with Gasteiger partial charge in [-0.2, -0.15) is 28.4 Å². The fourth-order valence-corrected chi connectivity index (χ4v) is 5.37. The largest absolute Gasteiger partial charge is 0.471 e. The van der Waals surface area contributed by atoms with Crippen LogP contribution in [0.25, 0.3) is 11.0 Å². The van der Waals surface area contributed by atoms with Gasteiger partial charge < -0.3 is 24.6 Å². The number of carbonyl (C=O) groups is 1. The van der Waals surface area contributed by atoms with Gasteiger partial charge in [-0.25, -0.2) is 4.98 Å². The molecule has 0 unspecified atom stereocenters. The van der Waals surface area contributed by atoms with Crippen LogP contribution in [0.5, 0.6) is 0 Å². The molecule has 1 aromatic carbocycles. The molecule has 0 aliphatic carbocycles. The average molecular weight is 586 g/mol. The zero-order valence-corrected chi connectivity index (χ0v) is 22.9. The van der Waals surface area contributed by atoms with Crippen LogP contribution in [0.3, 0.4) is 0 Å². The number of nitrogens with one attached hydrogen (secondary N) is 2. The van der Waals surface area contributed by atoms with E-state index in [9.17, 15) is 18.0 Å². The number of carbonyl (C=O) groups excluding carboxylic acids is 1. The van der Waals surface area contributed by atoms with Crippen LogP contribution < -0.4 is 10.2 Å². The summed E-state index contributed by atoms with van der Waals surface area (Å²) in [6.07, 6.45) is 0.654. The Morgan fingerprint density at radius 1 is 1.17 bits per heavy atom. The maximum atomic E-state index is 12.9. The highest BCUT2D eigenvalue weighted by atomic mass is 19.4. The fourth-order valence-electron chi connectivity index (χ4n) is 5.37. The summed E-state index contributed by atoms with van der Waals surface area (Å²) in [7, 11) is 1.14. The van der Waals surface area contributed by atoms with Gasteiger partial charge in [0.25, 0.3) is 0 Å². The van der Waals surface area contributed by atoms with E-state index >= 15 is 0 Å². The number of rotatable bonds is 9. The summed E-state index contributed by atoms with van der Waals surface area (Å²) in [5.41, 5.74) is 3.55. The number of benzene rings is 1. The Kier molecular flexibility index (Phi) is 7.45. The van der Waals surface area contributed by atoms with Crippen LogP contribution in [0.2, 0.25) is 0 Å². The maximum Gasteiger partial charge on any atom is 0.471 e. The van der Waals surface area contributed by atoms with Crippen molar-refractivity contribution in [2.45, 2.75) is 19.1 Å². The zero-order chi connectivity index (χ0) is 29.3. The topological polar surface area (TPSA) is 126 Å². The van der Waals surface area contributed by atoms with E-state index in [-0.39, 0.29) is 26.3 Å². The molecule has 12 nitrogen and oxygen atoms in total. The SMILES string of the molecule is CN(CC1(Cn2cc(Nc3nc(Cc4cccc(N5CCOCC5)c4)c4cn[nH]c4n3)cn2)COC1)C(=O)C(F)(F)F. The van der Waals surface area contributed by atoms with Gasteiger partial charge in [0.05, 0.1) is 67.5 Å². The first kappa shape index (κ1) is 27.9. The summed E-state index contributed by atoms with van der Waals surface area (Å²) in [4.78, 5) is 24.0. The van der Waals surface area contributed by atoms with Gasteiger partial charge in [-0.1, -0.05) is 12.1 Å². The first-order valence-corrected chi connectivity index (χ1v) is 13.5. The Hall–Kier alpha value is -4.24. The first-order chi connectivity index (χ1) is 20.2. The van der Waals surface area contributed by atoms with E-state index in [1.165, 1.54) is 0 Å². The van der Waals surface area contributed by atoms with E-state index in [0.717, 1.165) is 42.5 Å². The van der Waals surface area contributed by atoms with Crippen molar-refractivity contribution in [1.82, 2.24) is 34.8 Å². The van der Waals surface area contributed by atoms with Gasteiger partial charge in [0, 0.05) is 45.0 Å². The molecule has 2 aliphatic heterocycles. The van der Waals surface area contributed by atoms with Crippen LogP contribution in [0.4, 0.5) is 30.5 Å². The summed E-state index contributed by atoms with van der Waals surface area (Å²) in [6, 6.07) is 8.36. The van der Waals surface area contributed by atoms with E-state index in [1.54, 1.807) is 23.3 Å². The van der Waals surface area contributed by atoms with Crippen LogP contribution in [0, 0.1) is 5.41 Å². The second-order valence-electron chi connectivity index (χ2n) is 10.8. The molecule has 4 aromatic rings. The smallest absolute Gasteiger partial charge is 0.380 e. The monoisotopic (exact) mass is 585 g/mol. The molecule has 222 valence electrons. The Morgan fingerprint density at radius 3 is 2.71 bits per heavy atom. The predicted octanol–water partition coefficient (Wildman–Crippen LogP) is 2.76. The minimum absolute atomic E-state index is 0.107. The van der Waals surface area contributed by atoms with E-state index in [2.05, 4.69) is 48.7 Å². The highest BCUT2D eigenvalue weighted by molar-refractivity contribution is 5.81. The number of amides is 1. The van der Waals surface area contributed by atoms with Gasteiger partial charge in [-0.05, 0) is 17.7 Å². The van der Waals surface area contributed by atoms with Gasteiger partial charge in [-0.3, -0.25) is 14.6 Å². The number of anilines is 3. The Morgan fingerprint density at radius 2 is 1.98 bits per heavy atom. The lowest BCUT2D eigenvalue weighted by Crippen LogP contribution is -2.55. The molecule has 6 rings (SSSR count). The van der Waals surface area contributed by atoms with E-state index in [4.69, 9.17) is 14.5 Å². The van der Waals surface area contributed by atoms with Crippen molar-refractivity contribution in [2.24, 2.45) is 5.41 Å². The van der Waals surface area contributed by atoms with Crippen molar-refractivity contribution in [3.05, 3.63) is 54.1 Å². The summed E-state index contributed by atoms with van der Waals surface area (Å²) >= 11 is 0. The minimum atomic E-state index is -4.93. The lowest BCUT2D eigenvalue weighted by atomic mass is 9.85. The quantitative estimate of drug-likeness (QED) is 0.305. The molecule has 2 fully saturated rings. The van der Waals surface area contributed by atoms with Crippen LogP contribution in [0.15, 0.2) is 42.9 Å². The van der Waals surface area contributed by atoms with E-state index in [1.807, 2.05) is 6.07 Å². The van der Waals surface area contributed by atoms with E-state index < -0.39 is 17.5 Å². The molecule has 0 bridgehead atoms. The normalized spacial score (nSPS) is 16.8. The molecule has 5 heterocycles. The van der Waals surface area contributed by atoms with Gasteiger partial charge >= 0.3 is 12.1 Å². The molecule has 1 amide bonds. The third-order valence-corrected chi connectivity index (χ3v) is 7.41. The third-order valence-electron chi connectivity index (χ3n) is 7.41. The molecule has 0 spiro atoms. The number of fused-ring (bicyclic) bond motifs is 1. The van der Waals surface area contributed by atoms with E-state index in [0.29, 0.717) is 41.8 Å². The molecule has 0 radical (unpaired) electrons. The standard InChI is InChI=1S/C27H30F3N9O3/c1-37(24(40)27(28,29)30)14-26(16-42-17-26)15-39-13-19(11-32-39)33-25-34-22(21-12-31-36-23(21)35-25)10-18-3-2-4-20(9-18)38-5-7-41-8-6-38/h2-4,9,11-13H,5-8,10,14-17H2,1H3,(H2,31,33,34,35,36). The van der Waals surface area contributed by atoms with Gasteiger partial charge in [-0.15, -0.1) is 0 Å². The Bertz CT molecular complexity index is 1560. The first-order valence-electron chi connectivity index (χ1n) is 13.5. The second-order valence-corrected chi connectivity index (χ2v) is 10.8. The number of aromatic nitrogens is 6. The number of H-pyrrole nitrogens is 1. The number of alkyl halides is 3. The lowest BCUT2D eigenvalue weighted by molar-refractivity contribution is -0.191. The molecular weight excluding hydrogens is 555 g/mol. The van der Waals surface area contributed by atoms with Crippen molar-refractivity contribution >= 4 is 34.3 Å². The number of hydrogen-bond donors (Lipinski definition) is 2. The molecule has 15 heteroatoms. The van der Waals surface area contributed by atoms with Crippen molar-refractivity contribution < 1.29 is 27.4 Å². The molecule has 3 aromatic heterocycles. The number of halogens is 3. The van der Waals surface area contributed by atoms with Crippen molar-refractivity contribution in [2.75, 3.05) is 63.3 Å². The number of hydrogen-bond acceptors (Lipinski definition) is 9. The van der Waals surface area contributed by atoms with Crippen LogP contribution in [-0.2, 0) is 27.2 Å².